The molecule has 0 bridgehead atoms. The second kappa shape index (κ2) is 14.2. The zero-order chi connectivity index (χ0) is 28.3. The quantitative estimate of drug-likeness (QED) is 0.136. The minimum atomic E-state index is -0.283. The average Bonchev–Trinajstić information content (AvgIpc) is 3.35. The maximum atomic E-state index is 13.9. The van der Waals surface area contributed by atoms with Gasteiger partial charge in [0.1, 0.15) is 11.6 Å². The number of anilines is 2. The summed E-state index contributed by atoms with van der Waals surface area (Å²) in [6.07, 6.45) is 9.87. The smallest absolute Gasteiger partial charge is 0.305 e. The Morgan fingerprint density at radius 3 is 2.58 bits per heavy atom. The lowest BCUT2D eigenvalue weighted by Crippen LogP contribution is -2.03. The van der Waals surface area contributed by atoms with Gasteiger partial charge in [0.05, 0.1) is 23.7 Å². The standard InChI is InChI=1S/C33H37FN4O2/c1-4-24(3)32-29(15-11-6-7-12-16-31(39)40-5-2)33(25-17-19-26(34)20-18-25)38(37-32)28-21-22-35-30(23-28)36-27-13-9-8-10-14-27/h8-11,13-15,17-24H,4-7,12,16H2,1-3H3,(H,35,36)/b15-11+. The van der Waals surface area contributed by atoms with Crippen molar-refractivity contribution in [3.05, 3.63) is 96.1 Å². The third-order valence-electron chi connectivity index (χ3n) is 6.77. The fourth-order valence-corrected chi connectivity index (χ4v) is 4.50. The van der Waals surface area contributed by atoms with E-state index < -0.39 is 0 Å². The zero-order valence-electron chi connectivity index (χ0n) is 23.4. The number of para-hydroxylation sites is 1. The van der Waals surface area contributed by atoms with Crippen molar-refractivity contribution in [3.63, 3.8) is 0 Å². The minimum absolute atomic E-state index is 0.149. The van der Waals surface area contributed by atoms with Crippen molar-refractivity contribution in [2.75, 3.05) is 11.9 Å². The highest BCUT2D eigenvalue weighted by atomic mass is 19.1. The van der Waals surface area contributed by atoms with Crippen LogP contribution in [0.15, 0.2) is 79.0 Å². The van der Waals surface area contributed by atoms with Crippen molar-refractivity contribution in [1.82, 2.24) is 14.8 Å². The Kier molecular flexibility index (Phi) is 10.2. The van der Waals surface area contributed by atoms with Gasteiger partial charge in [0.15, 0.2) is 0 Å². The minimum Gasteiger partial charge on any atom is -0.466 e. The fourth-order valence-electron chi connectivity index (χ4n) is 4.50. The van der Waals surface area contributed by atoms with Gasteiger partial charge in [-0.3, -0.25) is 4.79 Å². The van der Waals surface area contributed by atoms with Gasteiger partial charge in [-0.05, 0) is 75.1 Å². The van der Waals surface area contributed by atoms with E-state index in [1.54, 1.807) is 18.3 Å². The first-order valence-corrected chi connectivity index (χ1v) is 14.0. The molecule has 2 aromatic heterocycles. The van der Waals surface area contributed by atoms with Crippen molar-refractivity contribution in [2.24, 2.45) is 0 Å². The number of nitrogens with zero attached hydrogens (tertiary/aromatic N) is 3. The zero-order valence-corrected chi connectivity index (χ0v) is 23.4. The molecule has 0 radical (unpaired) electrons. The molecule has 0 aliphatic rings. The number of benzene rings is 2. The lowest BCUT2D eigenvalue weighted by molar-refractivity contribution is -0.143. The topological polar surface area (TPSA) is 69.0 Å². The highest BCUT2D eigenvalue weighted by Crippen LogP contribution is 2.35. The molecular weight excluding hydrogens is 503 g/mol. The number of rotatable bonds is 13. The molecule has 6 nitrogen and oxygen atoms in total. The number of halogens is 1. The number of unbranched alkanes of at least 4 members (excludes halogenated alkanes) is 2. The van der Waals surface area contributed by atoms with Crippen molar-refractivity contribution < 1.29 is 13.9 Å². The lowest BCUT2D eigenvalue weighted by atomic mass is 9.96. The Labute approximate surface area is 235 Å². The molecule has 1 N–H and O–H groups in total. The van der Waals surface area contributed by atoms with E-state index in [9.17, 15) is 9.18 Å². The molecule has 2 aromatic carbocycles. The molecule has 2 heterocycles. The van der Waals surface area contributed by atoms with Crippen LogP contribution in [-0.4, -0.2) is 27.3 Å². The monoisotopic (exact) mass is 540 g/mol. The number of ether oxygens (including phenoxy) is 1. The van der Waals surface area contributed by atoms with Crippen LogP contribution in [0.4, 0.5) is 15.9 Å². The van der Waals surface area contributed by atoms with Gasteiger partial charge in [0, 0.05) is 41.4 Å². The predicted octanol–water partition coefficient (Wildman–Crippen LogP) is 8.47. The van der Waals surface area contributed by atoms with Crippen LogP contribution in [0.2, 0.25) is 0 Å². The Morgan fingerprint density at radius 1 is 1.07 bits per heavy atom. The van der Waals surface area contributed by atoms with E-state index in [2.05, 4.69) is 36.3 Å². The van der Waals surface area contributed by atoms with E-state index in [0.29, 0.717) is 18.8 Å². The Balaban J connectivity index is 1.71. The molecule has 0 saturated carbocycles. The third-order valence-corrected chi connectivity index (χ3v) is 6.77. The van der Waals surface area contributed by atoms with Crippen molar-refractivity contribution in [3.8, 4) is 16.9 Å². The van der Waals surface area contributed by atoms with Gasteiger partial charge in [-0.1, -0.05) is 44.2 Å². The molecule has 0 fully saturated rings. The van der Waals surface area contributed by atoms with Gasteiger partial charge in [-0.15, -0.1) is 0 Å². The molecule has 4 rings (SSSR count). The van der Waals surface area contributed by atoms with Crippen molar-refractivity contribution >= 4 is 23.6 Å². The largest absolute Gasteiger partial charge is 0.466 e. The van der Waals surface area contributed by atoms with Crippen LogP contribution in [0.25, 0.3) is 23.0 Å². The average molecular weight is 541 g/mol. The van der Waals surface area contributed by atoms with Crippen LogP contribution in [-0.2, 0) is 9.53 Å². The molecule has 0 spiro atoms. The molecule has 208 valence electrons. The van der Waals surface area contributed by atoms with E-state index in [4.69, 9.17) is 9.84 Å². The Bertz CT molecular complexity index is 1410. The summed E-state index contributed by atoms with van der Waals surface area (Å²) in [6, 6.07) is 20.3. The van der Waals surface area contributed by atoms with Gasteiger partial charge in [0.25, 0.3) is 0 Å². The summed E-state index contributed by atoms with van der Waals surface area (Å²) in [5.74, 6) is 0.485. The third kappa shape index (κ3) is 7.44. The summed E-state index contributed by atoms with van der Waals surface area (Å²) in [4.78, 5) is 16.2. The molecule has 0 aliphatic carbocycles. The SMILES string of the molecule is CCOC(=O)CCCC/C=C/c1c(C(C)CC)nn(-c2ccnc(Nc3ccccc3)c2)c1-c1ccc(F)cc1. The van der Waals surface area contributed by atoms with E-state index in [-0.39, 0.29) is 17.7 Å². The Hall–Kier alpha value is -4.26. The number of allylic oxidation sites excluding steroid dienone is 1. The molecule has 40 heavy (non-hydrogen) atoms. The van der Waals surface area contributed by atoms with Gasteiger partial charge in [-0.2, -0.15) is 5.10 Å². The number of nitrogens with one attached hydrogen (secondary N) is 1. The number of hydrogen-bond donors (Lipinski definition) is 1. The van der Waals surface area contributed by atoms with Gasteiger partial charge >= 0.3 is 5.97 Å². The summed E-state index contributed by atoms with van der Waals surface area (Å²) in [5, 5.41) is 8.47. The summed E-state index contributed by atoms with van der Waals surface area (Å²) in [5.41, 5.74) is 5.57. The first-order valence-electron chi connectivity index (χ1n) is 14.0. The van der Waals surface area contributed by atoms with Crippen LogP contribution in [0.1, 0.15) is 70.1 Å². The van der Waals surface area contributed by atoms with Gasteiger partial charge < -0.3 is 10.1 Å². The van der Waals surface area contributed by atoms with Gasteiger partial charge in [-0.25, -0.2) is 14.1 Å². The molecule has 0 amide bonds. The molecular formula is C33H37FN4O2. The van der Waals surface area contributed by atoms with E-state index in [1.165, 1.54) is 12.1 Å². The molecule has 0 saturated heterocycles. The highest BCUT2D eigenvalue weighted by Gasteiger charge is 2.22. The molecule has 1 atom stereocenters. The van der Waals surface area contributed by atoms with Crippen molar-refractivity contribution in [1.29, 1.82) is 0 Å². The number of esters is 1. The normalized spacial score (nSPS) is 12.0. The van der Waals surface area contributed by atoms with Crippen LogP contribution >= 0.6 is 0 Å². The van der Waals surface area contributed by atoms with E-state index >= 15 is 0 Å². The number of hydrogen-bond acceptors (Lipinski definition) is 5. The first-order chi connectivity index (χ1) is 19.5. The van der Waals surface area contributed by atoms with E-state index in [1.807, 2.05) is 54.1 Å². The van der Waals surface area contributed by atoms with Crippen LogP contribution in [0.3, 0.4) is 0 Å². The van der Waals surface area contributed by atoms with Crippen LogP contribution in [0.5, 0.6) is 0 Å². The van der Waals surface area contributed by atoms with E-state index in [0.717, 1.165) is 59.6 Å². The predicted molar refractivity (Wildman–Crippen MR) is 159 cm³/mol. The van der Waals surface area contributed by atoms with Crippen LogP contribution < -0.4 is 5.32 Å². The summed E-state index contributed by atoms with van der Waals surface area (Å²) < 4.78 is 20.9. The lowest BCUT2D eigenvalue weighted by Gasteiger charge is -2.11. The molecule has 4 aromatic rings. The maximum absolute atomic E-state index is 13.9. The number of carbonyl (C=O) groups excluding carboxylic acids is 1. The highest BCUT2D eigenvalue weighted by molar-refractivity contribution is 5.76. The fraction of sp³-hybridized carbons (Fsp3) is 0.303. The molecule has 7 heteroatoms. The summed E-state index contributed by atoms with van der Waals surface area (Å²) in [7, 11) is 0. The van der Waals surface area contributed by atoms with Crippen LogP contribution in [0, 0.1) is 5.82 Å². The second-order valence-corrected chi connectivity index (χ2v) is 9.72. The molecule has 1 unspecified atom stereocenters. The maximum Gasteiger partial charge on any atom is 0.305 e. The van der Waals surface area contributed by atoms with Gasteiger partial charge in [0.2, 0.25) is 0 Å². The second-order valence-electron chi connectivity index (χ2n) is 9.72. The first kappa shape index (κ1) is 28.7. The molecule has 0 aliphatic heterocycles. The summed E-state index contributed by atoms with van der Waals surface area (Å²) in [6.45, 7) is 6.56. The number of pyridine rings is 1. The number of aromatic nitrogens is 3. The van der Waals surface area contributed by atoms with Crippen molar-refractivity contribution in [2.45, 2.75) is 58.8 Å². The Morgan fingerprint density at radius 2 is 1.85 bits per heavy atom. The summed E-state index contributed by atoms with van der Waals surface area (Å²) >= 11 is 0. The number of carbonyl (C=O) groups is 1.